The molecule has 0 amide bonds. The zero-order chi connectivity index (χ0) is 19.1. The quantitative estimate of drug-likeness (QED) is 0.267. The molecule has 0 saturated heterocycles. The number of nitrogens with two attached hydrogens (primary N) is 1. The van der Waals surface area contributed by atoms with Crippen LogP contribution in [0.2, 0.25) is 0 Å². The number of carbonyl (C=O) groups excluding carboxylic acids is 3. The van der Waals surface area contributed by atoms with E-state index >= 15 is 0 Å². The van der Waals surface area contributed by atoms with E-state index in [1.54, 1.807) is 20.8 Å². The van der Waals surface area contributed by atoms with Crippen LogP contribution in [0.25, 0.3) is 0 Å². The molecule has 0 aliphatic carbocycles. The summed E-state index contributed by atoms with van der Waals surface area (Å²) in [5.74, 6) is -1.57. The van der Waals surface area contributed by atoms with Crippen LogP contribution in [-0.2, 0) is 28.6 Å². The highest BCUT2D eigenvalue weighted by Gasteiger charge is 2.30. The van der Waals surface area contributed by atoms with Crippen molar-refractivity contribution in [3.63, 3.8) is 0 Å². The van der Waals surface area contributed by atoms with Gasteiger partial charge in [0.2, 0.25) is 0 Å². The molecule has 25 heavy (non-hydrogen) atoms. The minimum Gasteiger partial charge on any atom is -0.466 e. The molecule has 0 fully saturated rings. The first-order chi connectivity index (χ1) is 12.0. The fraction of sp³-hybridized carbons (Fsp3) is 0.824. The summed E-state index contributed by atoms with van der Waals surface area (Å²) in [6, 6.07) is -1.65. The van der Waals surface area contributed by atoms with Gasteiger partial charge in [0.15, 0.2) is 0 Å². The summed E-state index contributed by atoms with van der Waals surface area (Å²) in [6.07, 6.45) is 2.77. The van der Waals surface area contributed by atoms with Gasteiger partial charge in [-0.3, -0.25) is 19.7 Å². The highest BCUT2D eigenvalue weighted by atomic mass is 16.5. The van der Waals surface area contributed by atoms with E-state index in [1.165, 1.54) is 0 Å². The van der Waals surface area contributed by atoms with Crippen LogP contribution in [0.3, 0.4) is 0 Å². The molecular weight excluding hydrogens is 328 g/mol. The fourth-order valence-electron chi connectivity index (χ4n) is 2.26. The maximum absolute atomic E-state index is 12.2. The van der Waals surface area contributed by atoms with Crippen LogP contribution in [0, 0.1) is 0 Å². The van der Waals surface area contributed by atoms with Crippen molar-refractivity contribution in [3.8, 4) is 0 Å². The Morgan fingerprint density at radius 3 is 1.92 bits per heavy atom. The van der Waals surface area contributed by atoms with Gasteiger partial charge in [-0.1, -0.05) is 12.8 Å². The SMILES string of the molecule is CCOC(=O)CC(NC(CCCCCN)C(=O)OCC)C(=O)OCC. The van der Waals surface area contributed by atoms with Gasteiger partial charge in [0.1, 0.15) is 12.1 Å². The normalized spacial score (nSPS) is 13.0. The van der Waals surface area contributed by atoms with Gasteiger partial charge >= 0.3 is 17.9 Å². The van der Waals surface area contributed by atoms with E-state index in [0.717, 1.165) is 19.3 Å². The predicted octanol–water partition coefficient (Wildman–Crippen LogP) is 0.912. The molecule has 0 rings (SSSR count). The number of carbonyl (C=O) groups is 3. The molecule has 0 bridgehead atoms. The van der Waals surface area contributed by atoms with Gasteiger partial charge < -0.3 is 19.9 Å². The van der Waals surface area contributed by atoms with Gasteiger partial charge in [0.25, 0.3) is 0 Å². The van der Waals surface area contributed by atoms with Crippen LogP contribution < -0.4 is 11.1 Å². The molecule has 0 spiro atoms. The zero-order valence-corrected chi connectivity index (χ0v) is 15.5. The van der Waals surface area contributed by atoms with Gasteiger partial charge in [-0.25, -0.2) is 0 Å². The average molecular weight is 360 g/mol. The van der Waals surface area contributed by atoms with Crippen molar-refractivity contribution in [1.82, 2.24) is 5.32 Å². The predicted molar refractivity (Wildman–Crippen MR) is 92.8 cm³/mol. The Kier molecular flexibility index (Phi) is 13.7. The van der Waals surface area contributed by atoms with E-state index < -0.39 is 30.0 Å². The first-order valence-corrected chi connectivity index (χ1v) is 8.95. The number of unbranched alkanes of at least 4 members (excludes halogenated alkanes) is 2. The summed E-state index contributed by atoms with van der Waals surface area (Å²) in [7, 11) is 0. The zero-order valence-electron chi connectivity index (χ0n) is 15.5. The number of esters is 3. The topological polar surface area (TPSA) is 117 Å². The molecule has 0 aromatic carbocycles. The molecular formula is C17H32N2O6. The van der Waals surface area contributed by atoms with Gasteiger partial charge in [-0.05, 0) is 40.2 Å². The Hall–Kier alpha value is -1.67. The number of nitrogens with one attached hydrogen (secondary N) is 1. The summed E-state index contributed by atoms with van der Waals surface area (Å²) in [5.41, 5.74) is 5.47. The summed E-state index contributed by atoms with van der Waals surface area (Å²) in [4.78, 5) is 36.0. The largest absolute Gasteiger partial charge is 0.466 e. The summed E-state index contributed by atoms with van der Waals surface area (Å²) in [6.45, 7) is 6.30. The summed E-state index contributed by atoms with van der Waals surface area (Å²) in [5, 5.41) is 2.91. The van der Waals surface area contributed by atoms with E-state index in [4.69, 9.17) is 19.9 Å². The number of hydrogen-bond acceptors (Lipinski definition) is 8. The highest BCUT2D eigenvalue weighted by Crippen LogP contribution is 2.09. The van der Waals surface area contributed by atoms with Crippen molar-refractivity contribution < 1.29 is 28.6 Å². The molecule has 0 radical (unpaired) electrons. The van der Waals surface area contributed by atoms with Crippen molar-refractivity contribution in [2.24, 2.45) is 5.73 Å². The first-order valence-electron chi connectivity index (χ1n) is 8.95. The molecule has 0 heterocycles. The van der Waals surface area contributed by atoms with E-state index in [9.17, 15) is 14.4 Å². The molecule has 3 N–H and O–H groups in total. The third kappa shape index (κ3) is 10.7. The lowest BCUT2D eigenvalue weighted by atomic mass is 10.1. The van der Waals surface area contributed by atoms with Crippen LogP contribution in [0.5, 0.6) is 0 Å². The maximum atomic E-state index is 12.2. The Balaban J connectivity index is 4.95. The van der Waals surface area contributed by atoms with Gasteiger partial charge in [0.05, 0.1) is 26.2 Å². The molecule has 0 aliphatic heterocycles. The fourth-order valence-corrected chi connectivity index (χ4v) is 2.26. The van der Waals surface area contributed by atoms with Crippen molar-refractivity contribution in [2.45, 2.75) is 65.0 Å². The van der Waals surface area contributed by atoms with Crippen molar-refractivity contribution in [1.29, 1.82) is 0 Å². The molecule has 2 unspecified atom stereocenters. The van der Waals surface area contributed by atoms with Gasteiger partial charge in [0, 0.05) is 0 Å². The van der Waals surface area contributed by atoms with Crippen molar-refractivity contribution in [2.75, 3.05) is 26.4 Å². The van der Waals surface area contributed by atoms with Crippen molar-refractivity contribution in [3.05, 3.63) is 0 Å². The second-order valence-corrected chi connectivity index (χ2v) is 5.42. The highest BCUT2D eigenvalue weighted by molar-refractivity contribution is 5.84. The monoisotopic (exact) mass is 360 g/mol. The number of ether oxygens (including phenoxy) is 3. The van der Waals surface area contributed by atoms with E-state index in [2.05, 4.69) is 5.32 Å². The molecule has 0 aromatic rings. The smallest absolute Gasteiger partial charge is 0.323 e. The summed E-state index contributed by atoms with van der Waals surface area (Å²) < 4.78 is 14.9. The molecule has 0 saturated carbocycles. The van der Waals surface area contributed by atoms with Crippen LogP contribution in [0.4, 0.5) is 0 Å². The minimum atomic E-state index is -0.956. The molecule has 8 nitrogen and oxygen atoms in total. The second-order valence-electron chi connectivity index (χ2n) is 5.42. The Morgan fingerprint density at radius 2 is 1.40 bits per heavy atom. The lowest BCUT2D eigenvalue weighted by Crippen LogP contribution is -2.49. The molecule has 8 heteroatoms. The second kappa shape index (κ2) is 14.7. The van der Waals surface area contributed by atoms with Crippen LogP contribution in [-0.4, -0.2) is 56.4 Å². The summed E-state index contributed by atoms with van der Waals surface area (Å²) >= 11 is 0. The van der Waals surface area contributed by atoms with E-state index in [-0.39, 0.29) is 26.2 Å². The Morgan fingerprint density at radius 1 is 0.840 bits per heavy atom. The Labute approximate surface area is 149 Å². The third-order valence-corrected chi connectivity index (χ3v) is 3.42. The molecule has 0 aliphatic rings. The lowest BCUT2D eigenvalue weighted by Gasteiger charge is -2.23. The molecule has 146 valence electrons. The number of hydrogen-bond donors (Lipinski definition) is 2. The first kappa shape index (κ1) is 23.3. The standard InChI is InChI=1S/C17H32N2O6/c1-4-23-15(20)12-14(17(22)25-6-3)19-13(16(21)24-5-2)10-8-7-9-11-18/h13-14,19H,4-12,18H2,1-3H3. The van der Waals surface area contributed by atoms with E-state index in [0.29, 0.717) is 13.0 Å². The van der Waals surface area contributed by atoms with E-state index in [1.807, 2.05) is 0 Å². The van der Waals surface area contributed by atoms with Crippen LogP contribution in [0.1, 0.15) is 52.9 Å². The van der Waals surface area contributed by atoms with Gasteiger partial charge in [-0.15, -0.1) is 0 Å². The molecule has 0 aromatic heterocycles. The van der Waals surface area contributed by atoms with Crippen molar-refractivity contribution >= 4 is 17.9 Å². The third-order valence-electron chi connectivity index (χ3n) is 3.42. The number of rotatable bonds is 14. The van der Waals surface area contributed by atoms with Gasteiger partial charge in [-0.2, -0.15) is 0 Å². The van der Waals surface area contributed by atoms with Crippen LogP contribution in [0.15, 0.2) is 0 Å². The lowest BCUT2D eigenvalue weighted by molar-refractivity contribution is -0.154. The van der Waals surface area contributed by atoms with Crippen LogP contribution >= 0.6 is 0 Å². The Bertz CT molecular complexity index is 403. The molecule has 2 atom stereocenters. The average Bonchev–Trinajstić information content (AvgIpc) is 2.57. The maximum Gasteiger partial charge on any atom is 0.323 e. The minimum absolute atomic E-state index is 0.181.